The van der Waals surface area contributed by atoms with Gasteiger partial charge in [0.25, 0.3) is 0 Å². The second-order valence-corrected chi connectivity index (χ2v) is 1.71. The van der Waals surface area contributed by atoms with Gasteiger partial charge in [0.15, 0.2) is 0 Å². The predicted molar refractivity (Wildman–Crippen MR) is 54.7 cm³/mol. The first-order valence-corrected chi connectivity index (χ1v) is 3.63. The second kappa shape index (κ2) is 16.4. The summed E-state index contributed by atoms with van der Waals surface area (Å²) < 4.78 is 4.36. The topological polar surface area (TPSA) is 21.3 Å². The predicted octanol–water partition coefficient (Wildman–Crippen LogP) is 2.24. The van der Waals surface area contributed by atoms with Crippen LogP contribution >= 0.6 is 0 Å². The first-order valence-electron chi connectivity index (χ1n) is 3.63. The number of hydrogen-bond acceptors (Lipinski definition) is 2. The minimum absolute atomic E-state index is 0.867. The highest BCUT2D eigenvalue weighted by molar-refractivity contribution is 4.75. The largest absolute Gasteiger partial charge is 0.474 e. The fourth-order valence-electron chi connectivity index (χ4n) is 0.355. The van der Waals surface area contributed by atoms with Crippen molar-refractivity contribution in [2.24, 2.45) is 0 Å². The maximum atomic E-state index is 4.36. The summed E-state index contributed by atoms with van der Waals surface area (Å²) in [5.74, 6) is 0. The lowest BCUT2D eigenvalue weighted by atomic mass is 10.5. The Labute approximate surface area is 74.9 Å². The van der Waals surface area contributed by atoms with Gasteiger partial charge in [-0.1, -0.05) is 25.3 Å². The van der Waals surface area contributed by atoms with E-state index in [1.165, 1.54) is 12.5 Å². The zero-order chi connectivity index (χ0) is 9.66. The van der Waals surface area contributed by atoms with Gasteiger partial charge in [0.2, 0.25) is 0 Å². The Kier molecular flexibility index (Phi) is 18.2. The highest BCUT2D eigenvalue weighted by atomic mass is 16.5. The maximum absolute atomic E-state index is 4.36. The van der Waals surface area contributed by atoms with E-state index in [-0.39, 0.29) is 0 Å². The van der Waals surface area contributed by atoms with E-state index < -0.39 is 0 Å². The SMILES string of the molecule is C=CCNCC=C.C=COC=C. The normalized spacial score (nSPS) is 7.00. The smallest absolute Gasteiger partial charge is 0.0829 e. The van der Waals surface area contributed by atoms with E-state index in [9.17, 15) is 0 Å². The molecule has 2 nitrogen and oxygen atoms in total. The highest BCUT2D eigenvalue weighted by Gasteiger charge is 1.69. The third kappa shape index (κ3) is 23.3. The van der Waals surface area contributed by atoms with E-state index in [4.69, 9.17) is 0 Å². The standard InChI is InChI=1S/C6H11N.C4H6O/c1-3-5-7-6-4-2;1-3-5-4-2/h3-4,7H,1-2,5-6H2;3-4H,1-2H2. The molecule has 0 aliphatic rings. The minimum atomic E-state index is 0.867. The van der Waals surface area contributed by atoms with Crippen molar-refractivity contribution in [2.75, 3.05) is 13.1 Å². The van der Waals surface area contributed by atoms with Gasteiger partial charge in [-0.25, -0.2) is 0 Å². The summed E-state index contributed by atoms with van der Waals surface area (Å²) in [5, 5.41) is 3.05. The molecule has 1 N–H and O–H groups in total. The van der Waals surface area contributed by atoms with Crippen LogP contribution in [0.1, 0.15) is 0 Å². The number of ether oxygens (including phenoxy) is 1. The van der Waals surface area contributed by atoms with Crippen molar-refractivity contribution >= 4 is 0 Å². The van der Waals surface area contributed by atoms with Crippen LogP contribution in [0.3, 0.4) is 0 Å². The van der Waals surface area contributed by atoms with Crippen molar-refractivity contribution in [3.8, 4) is 0 Å². The third-order valence-electron chi connectivity index (χ3n) is 0.770. The first kappa shape index (κ1) is 13.3. The Balaban J connectivity index is 0. The molecule has 2 heteroatoms. The summed E-state index contributed by atoms with van der Waals surface area (Å²) in [5.41, 5.74) is 0. The van der Waals surface area contributed by atoms with Crippen molar-refractivity contribution in [2.45, 2.75) is 0 Å². The molecule has 0 amide bonds. The van der Waals surface area contributed by atoms with Crippen molar-refractivity contribution in [1.29, 1.82) is 0 Å². The summed E-state index contributed by atoms with van der Waals surface area (Å²) in [4.78, 5) is 0. The second-order valence-electron chi connectivity index (χ2n) is 1.71. The van der Waals surface area contributed by atoms with Crippen molar-refractivity contribution in [1.82, 2.24) is 5.32 Å². The lowest BCUT2D eigenvalue weighted by Crippen LogP contribution is -2.11. The van der Waals surface area contributed by atoms with E-state index in [1.807, 2.05) is 12.2 Å². The van der Waals surface area contributed by atoms with Crippen molar-refractivity contribution in [3.05, 3.63) is 51.0 Å². The van der Waals surface area contributed by atoms with Gasteiger partial charge in [0.05, 0.1) is 12.5 Å². The number of rotatable bonds is 6. The molecule has 0 spiro atoms. The molecular formula is C10H17NO. The summed E-state index contributed by atoms with van der Waals surface area (Å²) in [6.45, 7) is 15.3. The Bertz CT molecular complexity index is 116. The fourth-order valence-corrected chi connectivity index (χ4v) is 0.355. The van der Waals surface area contributed by atoms with Crippen LogP contribution in [-0.4, -0.2) is 13.1 Å². The fraction of sp³-hybridized carbons (Fsp3) is 0.200. The Hall–Kier alpha value is -1.28. The van der Waals surface area contributed by atoms with E-state index in [0.717, 1.165) is 13.1 Å². The molecule has 68 valence electrons. The lowest BCUT2D eigenvalue weighted by Gasteiger charge is -1.90. The molecule has 0 unspecified atom stereocenters. The van der Waals surface area contributed by atoms with Crippen LogP contribution in [-0.2, 0) is 4.74 Å². The molecule has 0 atom stereocenters. The Morgan fingerprint density at radius 3 is 1.50 bits per heavy atom. The Morgan fingerprint density at radius 2 is 1.33 bits per heavy atom. The van der Waals surface area contributed by atoms with E-state index in [2.05, 4.69) is 36.4 Å². The molecule has 0 aliphatic carbocycles. The highest BCUT2D eigenvalue weighted by Crippen LogP contribution is 1.65. The summed E-state index contributed by atoms with van der Waals surface area (Å²) in [7, 11) is 0. The zero-order valence-electron chi connectivity index (χ0n) is 7.46. The number of hydrogen-bond donors (Lipinski definition) is 1. The molecule has 0 heterocycles. The molecular weight excluding hydrogens is 150 g/mol. The molecule has 12 heavy (non-hydrogen) atoms. The van der Waals surface area contributed by atoms with Gasteiger partial charge >= 0.3 is 0 Å². The lowest BCUT2D eigenvalue weighted by molar-refractivity contribution is 0.406. The van der Waals surface area contributed by atoms with Gasteiger partial charge in [0, 0.05) is 13.1 Å². The van der Waals surface area contributed by atoms with Crippen LogP contribution in [0.15, 0.2) is 51.0 Å². The average Bonchev–Trinajstić information content (AvgIpc) is 2.08. The quantitative estimate of drug-likeness (QED) is 0.372. The van der Waals surface area contributed by atoms with Gasteiger partial charge in [-0.3, -0.25) is 0 Å². The minimum Gasteiger partial charge on any atom is -0.474 e. The Morgan fingerprint density at radius 1 is 0.917 bits per heavy atom. The molecule has 0 aromatic rings. The zero-order valence-corrected chi connectivity index (χ0v) is 7.46. The molecule has 0 aliphatic heterocycles. The van der Waals surface area contributed by atoms with Crippen LogP contribution < -0.4 is 5.32 Å². The number of nitrogens with one attached hydrogen (secondary N) is 1. The van der Waals surface area contributed by atoms with Crippen LogP contribution in [0.25, 0.3) is 0 Å². The summed E-state index contributed by atoms with van der Waals surface area (Å²) >= 11 is 0. The van der Waals surface area contributed by atoms with Crippen molar-refractivity contribution < 1.29 is 4.74 Å². The van der Waals surface area contributed by atoms with Crippen LogP contribution in [0, 0.1) is 0 Å². The van der Waals surface area contributed by atoms with E-state index in [1.54, 1.807) is 0 Å². The molecule has 0 saturated heterocycles. The van der Waals surface area contributed by atoms with Crippen molar-refractivity contribution in [3.63, 3.8) is 0 Å². The summed E-state index contributed by atoms with van der Waals surface area (Å²) in [6, 6.07) is 0. The molecule has 0 radical (unpaired) electrons. The first-order chi connectivity index (χ1) is 5.83. The molecule has 0 rings (SSSR count). The maximum Gasteiger partial charge on any atom is 0.0829 e. The average molecular weight is 167 g/mol. The van der Waals surface area contributed by atoms with E-state index >= 15 is 0 Å². The van der Waals surface area contributed by atoms with Crippen LogP contribution in [0.4, 0.5) is 0 Å². The molecule has 0 fully saturated rings. The monoisotopic (exact) mass is 167 g/mol. The molecule has 0 aromatic carbocycles. The van der Waals surface area contributed by atoms with Crippen LogP contribution in [0.5, 0.6) is 0 Å². The molecule has 0 saturated carbocycles. The van der Waals surface area contributed by atoms with Gasteiger partial charge in [-0.05, 0) is 0 Å². The van der Waals surface area contributed by atoms with Gasteiger partial charge in [-0.15, -0.1) is 13.2 Å². The third-order valence-corrected chi connectivity index (χ3v) is 0.770. The van der Waals surface area contributed by atoms with E-state index in [0.29, 0.717) is 0 Å². The van der Waals surface area contributed by atoms with Crippen LogP contribution in [0.2, 0.25) is 0 Å². The summed E-state index contributed by atoms with van der Waals surface area (Å²) in [6.07, 6.45) is 6.27. The molecule has 0 bridgehead atoms. The van der Waals surface area contributed by atoms with Gasteiger partial charge in [0.1, 0.15) is 0 Å². The molecule has 0 aromatic heterocycles. The van der Waals surface area contributed by atoms with Gasteiger partial charge in [-0.2, -0.15) is 0 Å². The van der Waals surface area contributed by atoms with Gasteiger partial charge < -0.3 is 10.1 Å².